The van der Waals surface area contributed by atoms with E-state index in [9.17, 15) is 16.8 Å². The van der Waals surface area contributed by atoms with E-state index in [0.29, 0.717) is 16.7 Å². The number of aliphatic hydroxyl groups excluding tert-OH is 1. The Balaban J connectivity index is 0.000000465. The summed E-state index contributed by atoms with van der Waals surface area (Å²) in [5.74, 6) is 4.66. The van der Waals surface area contributed by atoms with Gasteiger partial charge in [-0.05, 0) is 66.8 Å². The van der Waals surface area contributed by atoms with E-state index < -0.39 is 31.5 Å². The van der Waals surface area contributed by atoms with Gasteiger partial charge in [0.2, 0.25) is 20.0 Å². The molecule has 4 rings (SSSR count). The van der Waals surface area contributed by atoms with Gasteiger partial charge in [0.15, 0.2) is 0 Å². The molecule has 0 spiro atoms. The number of aliphatic hydroxyl groups is 1. The highest BCUT2D eigenvalue weighted by molar-refractivity contribution is 7.93. The average Bonchev–Trinajstić information content (AvgIpc) is 3.31. The Morgan fingerprint density at radius 3 is 2.29 bits per heavy atom. The van der Waals surface area contributed by atoms with E-state index in [1.165, 1.54) is 24.0 Å². The number of nitrogens with two attached hydrogens (primary N) is 1. The van der Waals surface area contributed by atoms with Gasteiger partial charge >= 0.3 is 0 Å². The Bertz CT molecular complexity index is 1190. The monoisotopic (exact) mass is 462 g/mol. The van der Waals surface area contributed by atoms with Gasteiger partial charge in [0.1, 0.15) is 4.90 Å². The van der Waals surface area contributed by atoms with E-state index in [1.807, 2.05) is 0 Å². The first-order chi connectivity index (χ1) is 14.6. The number of terminal acetylenes is 1. The van der Waals surface area contributed by atoms with E-state index in [0.717, 1.165) is 6.07 Å². The molecule has 2 aromatic carbocycles. The lowest BCUT2D eigenvalue weighted by Crippen LogP contribution is -2.22. The maximum atomic E-state index is 12.4. The number of nitrogens with one attached hydrogen (secondary N) is 1. The maximum absolute atomic E-state index is 12.4. The molecule has 9 heteroatoms. The average molecular weight is 463 g/mol. The number of rotatable bonds is 7. The van der Waals surface area contributed by atoms with Crippen LogP contribution in [0.3, 0.4) is 0 Å². The highest BCUT2D eigenvalue weighted by Crippen LogP contribution is 2.55. The second-order valence-corrected chi connectivity index (χ2v) is 11.2. The Morgan fingerprint density at radius 2 is 1.77 bits per heavy atom. The third kappa shape index (κ3) is 6.31. The number of primary sulfonamides is 1. The lowest BCUT2D eigenvalue weighted by Gasteiger charge is -2.13. The van der Waals surface area contributed by atoms with Crippen molar-refractivity contribution in [3.8, 4) is 12.3 Å². The summed E-state index contributed by atoms with van der Waals surface area (Å²) in [5.41, 5.74) is 1.41. The molecule has 0 bridgehead atoms. The lowest BCUT2D eigenvalue weighted by atomic mass is 10.0. The van der Waals surface area contributed by atoms with Gasteiger partial charge < -0.3 is 5.11 Å². The fourth-order valence-electron chi connectivity index (χ4n) is 3.51. The number of sulfonamides is 2. The zero-order chi connectivity index (χ0) is 22.6. The van der Waals surface area contributed by atoms with Crippen LogP contribution in [0.4, 0.5) is 5.69 Å². The number of hydrogen-bond donors (Lipinski definition) is 3. The molecule has 4 N–H and O–H groups in total. The molecule has 0 radical (unpaired) electrons. The fourth-order valence-corrected chi connectivity index (χ4v) is 5.42. The molecule has 2 saturated carbocycles. The minimum atomic E-state index is -4.18. The molecular formula is C22H26N2O5S2. The first kappa shape index (κ1) is 23.3. The Labute approximate surface area is 183 Å². The van der Waals surface area contributed by atoms with Crippen molar-refractivity contribution >= 4 is 25.7 Å². The van der Waals surface area contributed by atoms with E-state index in [-0.39, 0.29) is 17.9 Å². The first-order valence-electron chi connectivity index (χ1n) is 9.94. The van der Waals surface area contributed by atoms with Crippen LogP contribution in [-0.4, -0.2) is 27.7 Å². The van der Waals surface area contributed by atoms with Gasteiger partial charge in [0, 0.05) is 5.56 Å². The van der Waals surface area contributed by atoms with Gasteiger partial charge in [-0.25, -0.2) is 22.0 Å². The van der Waals surface area contributed by atoms with Gasteiger partial charge in [-0.15, -0.1) is 6.42 Å². The minimum Gasteiger partial charge on any atom is -0.392 e. The van der Waals surface area contributed by atoms with Gasteiger partial charge in [-0.3, -0.25) is 4.72 Å². The first-order valence-corrected chi connectivity index (χ1v) is 13.1. The highest BCUT2D eigenvalue weighted by Gasteiger charge is 2.44. The van der Waals surface area contributed by atoms with Crippen molar-refractivity contribution in [1.29, 1.82) is 0 Å². The summed E-state index contributed by atoms with van der Waals surface area (Å²) in [7, 11) is -8.04. The zero-order valence-corrected chi connectivity index (χ0v) is 18.6. The van der Waals surface area contributed by atoms with Crippen LogP contribution in [-0.2, 0) is 33.1 Å². The summed E-state index contributed by atoms with van der Waals surface area (Å²) >= 11 is 0. The van der Waals surface area contributed by atoms with Crippen LogP contribution >= 0.6 is 0 Å². The van der Waals surface area contributed by atoms with Crippen molar-refractivity contribution in [1.82, 2.24) is 0 Å². The second kappa shape index (κ2) is 9.40. The van der Waals surface area contributed by atoms with Crippen LogP contribution in [0.15, 0.2) is 47.4 Å². The smallest absolute Gasteiger partial charge is 0.240 e. The number of benzene rings is 2. The standard InChI is InChI=1S/C17H18N2O5S2.C5H8/c1-2-14-5-3-4-6-15(14)9-10-25(21,22)19-16-8-7-13(12-20)11-17(16)26(18,23)24;1-2-5-3-4(1)5/h1,3-8,11,19-20H,9-10,12H2,(H2,18,23,24);4-5H,1-3H2. The maximum Gasteiger partial charge on any atom is 0.240 e. The van der Waals surface area contributed by atoms with Crippen LogP contribution in [0.2, 0.25) is 0 Å². The van der Waals surface area contributed by atoms with Gasteiger partial charge in [-0.1, -0.05) is 30.2 Å². The Kier molecular flexibility index (Phi) is 7.06. The number of aryl methyl sites for hydroxylation is 1. The Morgan fingerprint density at radius 1 is 1.10 bits per heavy atom. The van der Waals surface area contributed by atoms with Crippen LogP contribution in [0.1, 0.15) is 36.0 Å². The number of fused-ring (bicyclic) bond motifs is 1. The van der Waals surface area contributed by atoms with Crippen LogP contribution < -0.4 is 9.86 Å². The topological polar surface area (TPSA) is 127 Å². The van der Waals surface area contributed by atoms with Crippen molar-refractivity contribution in [2.24, 2.45) is 17.0 Å². The van der Waals surface area contributed by atoms with Crippen molar-refractivity contribution < 1.29 is 21.9 Å². The van der Waals surface area contributed by atoms with Gasteiger partial charge in [0.25, 0.3) is 0 Å². The molecule has 0 amide bonds. The predicted octanol–water partition coefficient (Wildman–Crippen LogP) is 2.21. The molecule has 2 fully saturated rings. The molecule has 2 aliphatic rings. The molecule has 2 aromatic rings. The summed E-state index contributed by atoms with van der Waals surface area (Å²) < 4.78 is 50.4. The highest BCUT2D eigenvalue weighted by atomic mass is 32.2. The molecule has 2 unspecified atom stereocenters. The van der Waals surface area contributed by atoms with Crippen LogP contribution in [0, 0.1) is 24.2 Å². The zero-order valence-electron chi connectivity index (χ0n) is 17.0. The molecule has 0 heterocycles. The summed E-state index contributed by atoms with van der Waals surface area (Å²) in [6, 6.07) is 10.7. The number of hydrogen-bond acceptors (Lipinski definition) is 5. The SMILES string of the molecule is C#Cc1ccccc1CCS(=O)(=O)Nc1ccc(CO)cc1S(N)(=O)=O.C1CC2CC12. The molecule has 166 valence electrons. The van der Waals surface area contributed by atoms with Crippen LogP contribution in [0.25, 0.3) is 0 Å². The fraction of sp³-hybridized carbons (Fsp3) is 0.364. The number of anilines is 1. The molecular weight excluding hydrogens is 436 g/mol. The van der Waals surface area contributed by atoms with Crippen LogP contribution in [0.5, 0.6) is 0 Å². The summed E-state index contributed by atoms with van der Waals surface area (Å²) in [4.78, 5) is -0.406. The summed E-state index contributed by atoms with van der Waals surface area (Å²) in [6.07, 6.45) is 10.3. The van der Waals surface area contributed by atoms with Crippen molar-refractivity contribution in [3.63, 3.8) is 0 Å². The van der Waals surface area contributed by atoms with Gasteiger partial charge in [-0.2, -0.15) is 0 Å². The molecule has 2 atom stereocenters. The second-order valence-electron chi connectivity index (χ2n) is 7.84. The van der Waals surface area contributed by atoms with Crippen molar-refractivity contribution in [2.75, 3.05) is 10.5 Å². The molecule has 0 aliphatic heterocycles. The van der Waals surface area contributed by atoms with Gasteiger partial charge in [0.05, 0.1) is 18.0 Å². The summed E-state index contributed by atoms with van der Waals surface area (Å²) in [5, 5.41) is 14.3. The largest absolute Gasteiger partial charge is 0.392 e. The third-order valence-corrected chi connectivity index (χ3v) is 7.81. The quantitative estimate of drug-likeness (QED) is 0.544. The van der Waals surface area contributed by atoms with Crippen molar-refractivity contribution in [3.05, 3.63) is 59.2 Å². The summed E-state index contributed by atoms with van der Waals surface area (Å²) in [6.45, 7) is -0.404. The van der Waals surface area contributed by atoms with E-state index in [4.69, 9.17) is 16.7 Å². The molecule has 31 heavy (non-hydrogen) atoms. The molecule has 2 aliphatic carbocycles. The van der Waals surface area contributed by atoms with E-state index in [2.05, 4.69) is 10.6 Å². The molecule has 0 saturated heterocycles. The molecule has 0 aromatic heterocycles. The Hall–Kier alpha value is -2.38. The van der Waals surface area contributed by atoms with Crippen molar-refractivity contribution in [2.45, 2.75) is 37.2 Å². The van der Waals surface area contributed by atoms with E-state index in [1.54, 1.807) is 43.5 Å². The predicted molar refractivity (Wildman–Crippen MR) is 120 cm³/mol. The normalized spacial score (nSPS) is 19.1. The third-order valence-electron chi connectivity index (χ3n) is 5.59. The molecule has 7 nitrogen and oxygen atoms in total. The lowest BCUT2D eigenvalue weighted by molar-refractivity contribution is 0.281. The van der Waals surface area contributed by atoms with E-state index >= 15 is 0 Å². The minimum absolute atomic E-state index is 0.162.